The van der Waals surface area contributed by atoms with Crippen LogP contribution in [0.1, 0.15) is 0 Å². The third kappa shape index (κ3) is 5.10. The van der Waals surface area contributed by atoms with Gasteiger partial charge in [-0.1, -0.05) is 109 Å². The molecule has 2 nitrogen and oxygen atoms in total. The normalized spacial score (nSPS) is 11.5. The van der Waals surface area contributed by atoms with Crippen molar-refractivity contribution in [1.82, 2.24) is 4.57 Å². The lowest BCUT2D eigenvalue weighted by Crippen LogP contribution is -2.09. The Morgan fingerprint density at radius 1 is 0.333 bits per heavy atom. The molecule has 2 aromatic heterocycles. The van der Waals surface area contributed by atoms with E-state index in [-0.39, 0.29) is 0 Å². The van der Waals surface area contributed by atoms with Crippen LogP contribution < -0.4 is 4.90 Å². The number of benzene rings is 8. The summed E-state index contributed by atoms with van der Waals surface area (Å²) in [5.41, 5.74) is 11.8. The molecular formula is C48H32N2S. The molecule has 2 heterocycles. The van der Waals surface area contributed by atoms with E-state index in [4.69, 9.17) is 0 Å². The first-order valence-corrected chi connectivity index (χ1v) is 18.2. The van der Waals surface area contributed by atoms with Crippen molar-refractivity contribution in [3.05, 3.63) is 194 Å². The summed E-state index contributed by atoms with van der Waals surface area (Å²) in [6, 6.07) is 70.3. The summed E-state index contributed by atoms with van der Waals surface area (Å²) in [5.74, 6) is 0. The maximum absolute atomic E-state index is 2.42. The largest absolute Gasteiger partial charge is 0.310 e. The number of anilines is 3. The molecule has 51 heavy (non-hydrogen) atoms. The molecule has 0 saturated heterocycles. The van der Waals surface area contributed by atoms with Gasteiger partial charge in [-0.05, 0) is 107 Å². The predicted octanol–water partition coefficient (Wildman–Crippen LogP) is 14.0. The Hall–Kier alpha value is -6.42. The summed E-state index contributed by atoms with van der Waals surface area (Å²) >= 11 is 1.86. The highest BCUT2D eigenvalue weighted by Gasteiger charge is 2.16. The monoisotopic (exact) mass is 668 g/mol. The first kappa shape index (κ1) is 29.5. The highest BCUT2D eigenvalue weighted by Crippen LogP contribution is 2.40. The van der Waals surface area contributed by atoms with Crippen LogP contribution in [-0.2, 0) is 0 Å². The summed E-state index contributed by atoms with van der Waals surface area (Å²) in [6.07, 6.45) is 0. The number of fused-ring (bicyclic) bond motifs is 6. The first-order valence-electron chi connectivity index (χ1n) is 17.3. The maximum Gasteiger partial charge on any atom is 0.0541 e. The van der Waals surface area contributed by atoms with Gasteiger partial charge in [-0.3, -0.25) is 0 Å². The first-order chi connectivity index (χ1) is 25.3. The molecule has 0 spiro atoms. The van der Waals surface area contributed by atoms with Gasteiger partial charge in [-0.15, -0.1) is 11.3 Å². The highest BCUT2D eigenvalue weighted by molar-refractivity contribution is 7.25. The van der Waals surface area contributed by atoms with Gasteiger partial charge in [0.1, 0.15) is 0 Å². The molecule has 0 saturated carbocycles. The van der Waals surface area contributed by atoms with E-state index in [0.29, 0.717) is 0 Å². The Kier molecular flexibility index (Phi) is 7.04. The smallest absolute Gasteiger partial charge is 0.0541 e. The number of hydrogen-bond acceptors (Lipinski definition) is 2. The third-order valence-corrected chi connectivity index (χ3v) is 11.1. The Labute approximate surface area is 300 Å². The summed E-state index contributed by atoms with van der Waals surface area (Å²) in [5, 5.41) is 5.15. The maximum atomic E-state index is 2.42. The van der Waals surface area contributed by atoms with Gasteiger partial charge in [0.25, 0.3) is 0 Å². The van der Waals surface area contributed by atoms with Crippen molar-refractivity contribution in [2.45, 2.75) is 0 Å². The van der Waals surface area contributed by atoms with Gasteiger partial charge in [0, 0.05) is 53.7 Å². The van der Waals surface area contributed by atoms with E-state index in [1.165, 1.54) is 69.9 Å². The number of aromatic nitrogens is 1. The predicted molar refractivity (Wildman–Crippen MR) is 219 cm³/mol. The number of rotatable bonds is 6. The Morgan fingerprint density at radius 2 is 0.902 bits per heavy atom. The molecular weight excluding hydrogens is 637 g/mol. The van der Waals surface area contributed by atoms with E-state index in [9.17, 15) is 0 Å². The van der Waals surface area contributed by atoms with Crippen molar-refractivity contribution in [1.29, 1.82) is 0 Å². The topological polar surface area (TPSA) is 8.17 Å². The Balaban J connectivity index is 1.06. The molecule has 0 aliphatic carbocycles. The minimum Gasteiger partial charge on any atom is -0.310 e. The molecule has 0 amide bonds. The van der Waals surface area contributed by atoms with Crippen LogP contribution >= 0.6 is 11.3 Å². The average molecular weight is 669 g/mol. The number of para-hydroxylation sites is 3. The molecule has 0 unspecified atom stereocenters. The van der Waals surface area contributed by atoms with Crippen molar-refractivity contribution < 1.29 is 0 Å². The van der Waals surface area contributed by atoms with E-state index >= 15 is 0 Å². The second-order valence-electron chi connectivity index (χ2n) is 13.0. The molecule has 0 radical (unpaired) electrons. The molecule has 0 atom stereocenters. The van der Waals surface area contributed by atoms with E-state index in [1.54, 1.807) is 0 Å². The average Bonchev–Trinajstić information content (AvgIpc) is 3.74. The standard InChI is InChI=1S/C48H32N2S/c1-3-16-37(17-4-1)49(38-18-5-2-6-19-38)39-20-12-15-35(30-39)33-13-11-14-34(29-33)36-25-27-46-43(31-36)41-21-7-9-23-45(41)50(46)40-26-28-48-44(32-40)42-22-8-10-24-47(42)51-48/h1-32H. The van der Waals surface area contributed by atoms with Crippen molar-refractivity contribution >= 4 is 70.4 Å². The van der Waals surface area contributed by atoms with Crippen LogP contribution in [0.5, 0.6) is 0 Å². The minimum absolute atomic E-state index is 1.12. The van der Waals surface area contributed by atoms with Crippen LogP contribution in [0, 0.1) is 0 Å². The van der Waals surface area contributed by atoms with E-state index in [1.807, 2.05) is 11.3 Å². The van der Waals surface area contributed by atoms with Crippen molar-refractivity contribution in [2.75, 3.05) is 4.90 Å². The summed E-state index contributed by atoms with van der Waals surface area (Å²) in [7, 11) is 0. The SMILES string of the molecule is c1ccc(N(c2ccccc2)c2cccc(-c3cccc(-c4ccc5c(c4)c4ccccc4n5-c4ccc5sc6ccccc6c5c4)c3)c2)cc1. The van der Waals surface area contributed by atoms with Gasteiger partial charge in [0.2, 0.25) is 0 Å². The highest BCUT2D eigenvalue weighted by atomic mass is 32.1. The van der Waals surface area contributed by atoms with Gasteiger partial charge in [0.15, 0.2) is 0 Å². The summed E-state index contributed by atoms with van der Waals surface area (Å²) in [6.45, 7) is 0. The molecule has 0 aliphatic rings. The molecule has 0 N–H and O–H groups in total. The van der Waals surface area contributed by atoms with Crippen molar-refractivity contribution in [3.63, 3.8) is 0 Å². The molecule has 10 rings (SSSR count). The third-order valence-electron chi connectivity index (χ3n) is 9.95. The van der Waals surface area contributed by atoms with Gasteiger partial charge >= 0.3 is 0 Å². The number of thiophene rings is 1. The van der Waals surface area contributed by atoms with Crippen LogP contribution in [0.15, 0.2) is 194 Å². The van der Waals surface area contributed by atoms with Gasteiger partial charge in [-0.2, -0.15) is 0 Å². The quantitative estimate of drug-likeness (QED) is 0.171. The molecule has 0 fully saturated rings. The van der Waals surface area contributed by atoms with Crippen LogP contribution in [0.4, 0.5) is 17.1 Å². The fraction of sp³-hybridized carbons (Fsp3) is 0. The van der Waals surface area contributed by atoms with Crippen LogP contribution in [0.25, 0.3) is 69.9 Å². The lowest BCUT2D eigenvalue weighted by molar-refractivity contribution is 1.19. The van der Waals surface area contributed by atoms with E-state index < -0.39 is 0 Å². The van der Waals surface area contributed by atoms with Gasteiger partial charge < -0.3 is 9.47 Å². The van der Waals surface area contributed by atoms with Crippen LogP contribution in [-0.4, -0.2) is 4.57 Å². The Bertz CT molecular complexity index is 2830. The zero-order valence-electron chi connectivity index (χ0n) is 27.8. The zero-order chi connectivity index (χ0) is 33.7. The molecule has 240 valence electrons. The van der Waals surface area contributed by atoms with Crippen LogP contribution in [0.3, 0.4) is 0 Å². The van der Waals surface area contributed by atoms with E-state index in [0.717, 1.165) is 17.1 Å². The molecule has 0 aliphatic heterocycles. The van der Waals surface area contributed by atoms with E-state index in [2.05, 4.69) is 204 Å². The molecule has 0 bridgehead atoms. The van der Waals surface area contributed by atoms with Crippen molar-refractivity contribution in [2.24, 2.45) is 0 Å². The number of nitrogens with zero attached hydrogens (tertiary/aromatic N) is 2. The minimum atomic E-state index is 1.12. The molecule has 10 aromatic rings. The second-order valence-corrected chi connectivity index (χ2v) is 14.1. The summed E-state index contributed by atoms with van der Waals surface area (Å²) in [4.78, 5) is 2.32. The zero-order valence-corrected chi connectivity index (χ0v) is 28.6. The molecule has 3 heteroatoms. The van der Waals surface area contributed by atoms with Crippen LogP contribution in [0.2, 0.25) is 0 Å². The number of hydrogen-bond donors (Lipinski definition) is 0. The lowest BCUT2D eigenvalue weighted by atomic mass is 9.97. The van der Waals surface area contributed by atoms with Gasteiger partial charge in [-0.25, -0.2) is 0 Å². The molecule has 8 aromatic carbocycles. The fourth-order valence-electron chi connectivity index (χ4n) is 7.59. The van der Waals surface area contributed by atoms with Crippen molar-refractivity contribution in [3.8, 4) is 27.9 Å². The summed E-state index contributed by atoms with van der Waals surface area (Å²) < 4.78 is 5.07. The lowest BCUT2D eigenvalue weighted by Gasteiger charge is -2.26. The Morgan fingerprint density at radius 3 is 1.67 bits per heavy atom. The fourth-order valence-corrected chi connectivity index (χ4v) is 8.67. The van der Waals surface area contributed by atoms with Gasteiger partial charge in [0.05, 0.1) is 11.0 Å². The second kappa shape index (κ2) is 12.2.